The first-order valence-electron chi connectivity index (χ1n) is 16.2. The van der Waals surface area contributed by atoms with Crippen LogP contribution in [0.2, 0.25) is 0 Å². The maximum absolute atomic E-state index is 13.2. The Labute approximate surface area is 284 Å². The number of carbonyl (C=O) groups excluding carboxylic acids is 2. The molecule has 46 heavy (non-hydrogen) atoms. The number of nitrogens with zero attached hydrogens (tertiary/aromatic N) is 2. The number of hydrogen-bond donors (Lipinski definition) is 1. The fourth-order valence-corrected chi connectivity index (χ4v) is 7.06. The van der Waals surface area contributed by atoms with E-state index in [1.807, 2.05) is 70.5 Å². The highest BCUT2D eigenvalue weighted by atomic mass is 32.2. The van der Waals surface area contributed by atoms with Crippen molar-refractivity contribution in [2.24, 2.45) is 0 Å². The zero-order valence-electron chi connectivity index (χ0n) is 27.5. The molecule has 4 aromatic rings. The first kappa shape index (κ1) is 35.2. The van der Waals surface area contributed by atoms with E-state index < -0.39 is 0 Å². The number of amides is 2. The van der Waals surface area contributed by atoms with E-state index in [1.165, 1.54) is 11.1 Å². The summed E-state index contributed by atoms with van der Waals surface area (Å²) in [4.78, 5) is 30.1. The first-order chi connectivity index (χ1) is 22.3. The van der Waals surface area contributed by atoms with Crippen LogP contribution in [0.25, 0.3) is 0 Å². The Morgan fingerprint density at radius 2 is 0.978 bits per heavy atom. The van der Waals surface area contributed by atoms with Gasteiger partial charge in [-0.15, -0.1) is 0 Å². The van der Waals surface area contributed by atoms with Gasteiger partial charge < -0.3 is 15.1 Å². The van der Waals surface area contributed by atoms with Crippen LogP contribution in [-0.4, -0.2) is 46.9 Å². The Morgan fingerprint density at radius 3 is 1.46 bits per heavy atom. The third-order valence-corrected chi connectivity index (χ3v) is 9.58. The number of carbonyl (C=O) groups is 2. The summed E-state index contributed by atoms with van der Waals surface area (Å²) < 4.78 is 0. The van der Waals surface area contributed by atoms with Gasteiger partial charge in [-0.25, -0.2) is 0 Å². The van der Waals surface area contributed by atoms with Crippen LogP contribution in [0, 0.1) is 0 Å². The van der Waals surface area contributed by atoms with Gasteiger partial charge in [0.25, 0.3) is 0 Å². The van der Waals surface area contributed by atoms with Crippen LogP contribution in [0.15, 0.2) is 109 Å². The predicted octanol–water partition coefficient (Wildman–Crippen LogP) is 9.45. The van der Waals surface area contributed by atoms with Crippen molar-refractivity contribution >= 4 is 58.1 Å². The molecule has 0 saturated heterocycles. The van der Waals surface area contributed by atoms with Crippen molar-refractivity contribution in [2.75, 3.05) is 38.1 Å². The molecule has 2 amide bonds. The third kappa shape index (κ3) is 11.0. The molecule has 0 bridgehead atoms. The SMILES string of the molecule is CC(C)N(C(=O)CSCCCCSCC(=O)N(c1ccc(Nc2ccccc2)cc1)C(C)C)c1ccc(Cc2ccccc2)cc1. The second kappa shape index (κ2) is 18.5. The average molecular weight is 654 g/mol. The van der Waals surface area contributed by atoms with Gasteiger partial charge in [0.05, 0.1) is 11.5 Å². The minimum absolute atomic E-state index is 0.0765. The first-order valence-corrected chi connectivity index (χ1v) is 18.5. The predicted molar refractivity (Wildman–Crippen MR) is 201 cm³/mol. The molecule has 0 unspecified atom stereocenters. The lowest BCUT2D eigenvalue weighted by atomic mass is 10.0. The standard InChI is InChI=1S/C39H47N3O2S2/c1-30(2)41(36-21-17-33(18-22-36)27-32-13-7-5-8-14-32)38(43)28-45-25-11-12-26-46-29-39(44)42(31(3)4)37-23-19-35(20-24-37)40-34-15-9-6-10-16-34/h5-10,13-24,30-31,40H,11-12,25-29H2,1-4H3. The van der Waals surface area contributed by atoms with Gasteiger partial charge in [-0.2, -0.15) is 23.5 Å². The number of unbranched alkanes of at least 4 members (excludes halogenated alkanes) is 1. The Bertz CT molecular complexity index is 1360. The summed E-state index contributed by atoms with van der Waals surface area (Å²) in [6.45, 7) is 8.24. The van der Waals surface area contributed by atoms with E-state index in [9.17, 15) is 9.59 Å². The van der Waals surface area contributed by atoms with E-state index >= 15 is 0 Å². The molecule has 0 saturated carbocycles. The minimum Gasteiger partial charge on any atom is -0.356 e. The molecule has 0 aliphatic carbocycles. The van der Waals surface area contributed by atoms with Crippen LogP contribution >= 0.6 is 23.5 Å². The smallest absolute Gasteiger partial charge is 0.237 e. The number of hydrogen-bond acceptors (Lipinski definition) is 5. The molecule has 0 radical (unpaired) electrons. The molecule has 0 fully saturated rings. The maximum Gasteiger partial charge on any atom is 0.237 e. The Morgan fingerprint density at radius 1 is 0.565 bits per heavy atom. The maximum atomic E-state index is 13.2. The largest absolute Gasteiger partial charge is 0.356 e. The zero-order chi connectivity index (χ0) is 32.7. The van der Waals surface area contributed by atoms with Crippen molar-refractivity contribution in [3.63, 3.8) is 0 Å². The van der Waals surface area contributed by atoms with Gasteiger partial charge in [-0.05, 0) is 118 Å². The molecule has 4 rings (SSSR count). The lowest BCUT2D eigenvalue weighted by Gasteiger charge is -2.27. The highest BCUT2D eigenvalue weighted by Gasteiger charge is 2.20. The van der Waals surface area contributed by atoms with Crippen molar-refractivity contribution in [1.29, 1.82) is 0 Å². The van der Waals surface area contributed by atoms with Crippen LogP contribution in [0.3, 0.4) is 0 Å². The second-order valence-corrected chi connectivity index (χ2v) is 14.1. The molecule has 242 valence electrons. The van der Waals surface area contributed by atoms with Crippen molar-refractivity contribution in [2.45, 2.75) is 59.0 Å². The average Bonchev–Trinajstić information content (AvgIpc) is 3.05. The van der Waals surface area contributed by atoms with Gasteiger partial charge in [0.15, 0.2) is 0 Å². The second-order valence-electron chi connectivity index (χ2n) is 11.9. The molecule has 4 aromatic carbocycles. The molecule has 0 aliphatic rings. The molecule has 5 nitrogen and oxygen atoms in total. The normalized spacial score (nSPS) is 11.1. The van der Waals surface area contributed by atoms with Crippen LogP contribution in [-0.2, 0) is 16.0 Å². The molecule has 1 N–H and O–H groups in total. The molecule has 0 aromatic heterocycles. The van der Waals surface area contributed by atoms with Crippen LogP contribution in [0.4, 0.5) is 22.7 Å². The number of anilines is 4. The molecule has 0 heterocycles. The van der Waals surface area contributed by atoms with Gasteiger partial charge in [-0.1, -0.05) is 60.7 Å². The topological polar surface area (TPSA) is 52.7 Å². The minimum atomic E-state index is 0.0765. The number of nitrogens with one attached hydrogen (secondary N) is 1. The van der Waals surface area contributed by atoms with E-state index in [0.29, 0.717) is 11.5 Å². The highest BCUT2D eigenvalue weighted by molar-refractivity contribution is 8.00. The van der Waals surface area contributed by atoms with Crippen LogP contribution < -0.4 is 15.1 Å². The number of benzene rings is 4. The van der Waals surface area contributed by atoms with Gasteiger partial charge in [0.1, 0.15) is 0 Å². The van der Waals surface area contributed by atoms with E-state index in [0.717, 1.165) is 53.5 Å². The summed E-state index contributed by atoms with van der Waals surface area (Å²) >= 11 is 3.39. The van der Waals surface area contributed by atoms with Gasteiger partial charge in [0.2, 0.25) is 11.8 Å². The monoisotopic (exact) mass is 653 g/mol. The van der Waals surface area contributed by atoms with Gasteiger partial charge >= 0.3 is 0 Å². The van der Waals surface area contributed by atoms with E-state index in [-0.39, 0.29) is 23.9 Å². The number of rotatable bonds is 17. The quantitative estimate of drug-likeness (QED) is 0.115. The van der Waals surface area contributed by atoms with Crippen molar-refractivity contribution in [3.8, 4) is 0 Å². The molecular formula is C39H47N3O2S2. The van der Waals surface area contributed by atoms with Crippen molar-refractivity contribution in [3.05, 3.63) is 120 Å². The van der Waals surface area contributed by atoms with Gasteiger partial charge in [0, 0.05) is 34.8 Å². The van der Waals surface area contributed by atoms with Crippen LogP contribution in [0.5, 0.6) is 0 Å². The van der Waals surface area contributed by atoms with Crippen LogP contribution in [0.1, 0.15) is 51.7 Å². The molecular weight excluding hydrogens is 607 g/mol. The Balaban J connectivity index is 1.14. The molecule has 0 aliphatic heterocycles. The molecule has 0 atom stereocenters. The third-order valence-electron chi connectivity index (χ3n) is 7.52. The highest BCUT2D eigenvalue weighted by Crippen LogP contribution is 2.25. The lowest BCUT2D eigenvalue weighted by molar-refractivity contribution is -0.117. The van der Waals surface area contributed by atoms with Crippen molar-refractivity contribution in [1.82, 2.24) is 0 Å². The molecule has 7 heteroatoms. The van der Waals surface area contributed by atoms with Crippen molar-refractivity contribution < 1.29 is 9.59 Å². The fraction of sp³-hybridized carbons (Fsp3) is 0.333. The van der Waals surface area contributed by atoms with E-state index in [4.69, 9.17) is 0 Å². The molecule has 0 spiro atoms. The summed E-state index contributed by atoms with van der Waals surface area (Å²) in [6.07, 6.45) is 2.94. The summed E-state index contributed by atoms with van der Waals surface area (Å²) in [5.74, 6) is 3.07. The fourth-order valence-electron chi connectivity index (χ4n) is 5.33. The van der Waals surface area contributed by atoms with E-state index in [1.54, 1.807) is 23.5 Å². The summed E-state index contributed by atoms with van der Waals surface area (Å²) in [5.41, 5.74) is 6.41. The van der Waals surface area contributed by atoms with E-state index in [2.05, 4.69) is 81.5 Å². The van der Waals surface area contributed by atoms with Gasteiger partial charge in [-0.3, -0.25) is 9.59 Å². The lowest BCUT2D eigenvalue weighted by Crippen LogP contribution is -2.38. The summed E-state index contributed by atoms with van der Waals surface area (Å²) in [5, 5.41) is 3.39. The summed E-state index contributed by atoms with van der Waals surface area (Å²) in [6, 6.07) is 37.1. The Kier molecular flexibility index (Phi) is 14.1. The summed E-state index contributed by atoms with van der Waals surface area (Å²) in [7, 11) is 0. The number of para-hydroxylation sites is 1. The number of thioether (sulfide) groups is 2. The Hall–Kier alpha value is -3.68. The zero-order valence-corrected chi connectivity index (χ0v) is 29.2.